The zero-order valence-electron chi connectivity index (χ0n) is 13.8. The number of halogens is 1. The molecule has 1 atom stereocenters. The van der Waals surface area contributed by atoms with E-state index < -0.39 is 0 Å². The Balaban J connectivity index is 2.04. The van der Waals surface area contributed by atoms with Crippen LogP contribution in [0.15, 0.2) is 39.1 Å². The van der Waals surface area contributed by atoms with E-state index in [1.807, 2.05) is 6.92 Å². The summed E-state index contributed by atoms with van der Waals surface area (Å²) in [5.74, 6) is -0.687. The van der Waals surface area contributed by atoms with Crippen LogP contribution >= 0.6 is 23.5 Å². The van der Waals surface area contributed by atoms with Crippen LogP contribution in [-0.2, 0) is 16.0 Å². The number of hydrogen-bond acceptors (Lipinski definition) is 6. The van der Waals surface area contributed by atoms with E-state index in [-0.39, 0.29) is 28.3 Å². The summed E-state index contributed by atoms with van der Waals surface area (Å²) in [7, 11) is 0. The number of carbonyl (C=O) groups is 1. The molecule has 1 aliphatic heterocycles. The molecule has 5 nitrogen and oxygen atoms in total. The predicted molar refractivity (Wildman–Crippen MR) is 96.2 cm³/mol. The highest BCUT2D eigenvalue weighted by molar-refractivity contribution is 8.00. The number of thioether (sulfide) groups is 2. The molecule has 0 bridgehead atoms. The maximum atomic E-state index is 13.2. The van der Waals surface area contributed by atoms with Gasteiger partial charge in [0.25, 0.3) is 5.56 Å². The normalized spacial score (nSPS) is 15.9. The third kappa shape index (κ3) is 3.90. The Bertz CT molecular complexity index is 852. The number of fused-ring (bicyclic) bond motifs is 1. The SMILES string of the molecule is CCOC(=O)CSc1nc2c(c(=O)n1-c1ccc(F)cc1)SC(C)C2. The van der Waals surface area contributed by atoms with Crippen molar-refractivity contribution in [2.45, 2.75) is 35.6 Å². The maximum Gasteiger partial charge on any atom is 0.316 e. The lowest BCUT2D eigenvalue weighted by atomic mass is 10.2. The molecule has 2 heterocycles. The van der Waals surface area contributed by atoms with Gasteiger partial charge in [-0.3, -0.25) is 14.2 Å². The fraction of sp³-hybridized carbons (Fsp3) is 0.353. The van der Waals surface area contributed by atoms with Gasteiger partial charge in [-0.1, -0.05) is 18.7 Å². The number of benzene rings is 1. The van der Waals surface area contributed by atoms with Crippen molar-refractivity contribution >= 4 is 29.5 Å². The lowest BCUT2D eigenvalue weighted by Gasteiger charge is -2.13. The highest BCUT2D eigenvalue weighted by Gasteiger charge is 2.27. The molecule has 2 aromatic rings. The summed E-state index contributed by atoms with van der Waals surface area (Å²) in [6, 6.07) is 5.65. The van der Waals surface area contributed by atoms with Gasteiger partial charge in [0.15, 0.2) is 5.16 Å². The molecule has 0 spiro atoms. The fourth-order valence-electron chi connectivity index (χ4n) is 2.54. The molecule has 132 valence electrons. The van der Waals surface area contributed by atoms with Gasteiger partial charge < -0.3 is 4.74 Å². The first-order valence-electron chi connectivity index (χ1n) is 7.86. The molecular formula is C17H17FN2O3S2. The van der Waals surface area contributed by atoms with Gasteiger partial charge in [-0.05, 0) is 31.2 Å². The van der Waals surface area contributed by atoms with Gasteiger partial charge in [-0.15, -0.1) is 11.8 Å². The molecule has 0 fully saturated rings. The zero-order chi connectivity index (χ0) is 18.0. The minimum absolute atomic E-state index is 0.0585. The average molecular weight is 380 g/mol. The van der Waals surface area contributed by atoms with Gasteiger partial charge in [-0.25, -0.2) is 9.37 Å². The summed E-state index contributed by atoms with van der Waals surface area (Å²) < 4.78 is 19.6. The monoisotopic (exact) mass is 380 g/mol. The Morgan fingerprint density at radius 2 is 2.16 bits per heavy atom. The van der Waals surface area contributed by atoms with Crippen LogP contribution in [-0.4, -0.2) is 33.1 Å². The highest BCUT2D eigenvalue weighted by Crippen LogP contribution is 2.34. The van der Waals surface area contributed by atoms with E-state index in [1.54, 1.807) is 6.92 Å². The molecular weight excluding hydrogens is 363 g/mol. The molecule has 1 aliphatic rings. The van der Waals surface area contributed by atoms with E-state index in [1.165, 1.54) is 40.6 Å². The number of rotatable bonds is 5. The zero-order valence-corrected chi connectivity index (χ0v) is 15.5. The second kappa shape index (κ2) is 7.61. The molecule has 0 N–H and O–H groups in total. The number of nitrogens with zero attached hydrogens (tertiary/aromatic N) is 2. The van der Waals surface area contributed by atoms with Crippen LogP contribution in [0, 0.1) is 5.82 Å². The molecule has 0 aliphatic carbocycles. The first kappa shape index (κ1) is 18.0. The third-order valence-corrected chi connectivity index (χ3v) is 5.72. The van der Waals surface area contributed by atoms with Gasteiger partial charge >= 0.3 is 5.97 Å². The van der Waals surface area contributed by atoms with E-state index in [9.17, 15) is 14.0 Å². The molecule has 0 saturated carbocycles. The second-order valence-corrected chi connectivity index (χ2v) is 7.90. The molecule has 1 unspecified atom stereocenters. The van der Waals surface area contributed by atoms with Crippen LogP contribution in [0.2, 0.25) is 0 Å². The summed E-state index contributed by atoms with van der Waals surface area (Å²) >= 11 is 2.65. The van der Waals surface area contributed by atoms with Crippen molar-refractivity contribution in [3.63, 3.8) is 0 Å². The van der Waals surface area contributed by atoms with Crippen molar-refractivity contribution in [2.24, 2.45) is 0 Å². The molecule has 0 radical (unpaired) electrons. The predicted octanol–water partition coefficient (Wildman–Crippen LogP) is 3.06. The van der Waals surface area contributed by atoms with Crippen LogP contribution < -0.4 is 5.56 Å². The van der Waals surface area contributed by atoms with E-state index >= 15 is 0 Å². The maximum absolute atomic E-state index is 13.2. The number of esters is 1. The van der Waals surface area contributed by atoms with Gasteiger partial charge in [-0.2, -0.15) is 0 Å². The van der Waals surface area contributed by atoms with Gasteiger partial charge in [0, 0.05) is 11.7 Å². The Hall–Kier alpha value is -1.80. The fourth-order valence-corrected chi connectivity index (χ4v) is 4.46. The van der Waals surface area contributed by atoms with Crippen LogP contribution in [0.25, 0.3) is 5.69 Å². The van der Waals surface area contributed by atoms with E-state index in [2.05, 4.69) is 4.98 Å². The van der Waals surface area contributed by atoms with Gasteiger partial charge in [0.1, 0.15) is 5.82 Å². The van der Waals surface area contributed by atoms with Gasteiger partial charge in [0.2, 0.25) is 0 Å². The lowest BCUT2D eigenvalue weighted by Crippen LogP contribution is -2.24. The summed E-state index contributed by atoms with van der Waals surface area (Å²) in [5, 5.41) is 0.695. The summed E-state index contributed by atoms with van der Waals surface area (Å²) in [5.41, 5.74) is 1.10. The topological polar surface area (TPSA) is 61.2 Å². The third-order valence-electron chi connectivity index (χ3n) is 3.59. The van der Waals surface area contributed by atoms with Gasteiger partial charge in [0.05, 0.1) is 28.6 Å². The van der Waals surface area contributed by atoms with Crippen LogP contribution in [0.1, 0.15) is 19.5 Å². The quantitative estimate of drug-likeness (QED) is 0.451. The van der Waals surface area contributed by atoms with E-state index in [0.717, 1.165) is 17.5 Å². The van der Waals surface area contributed by atoms with Crippen molar-refractivity contribution in [1.82, 2.24) is 9.55 Å². The molecule has 1 aromatic heterocycles. The summed E-state index contributed by atoms with van der Waals surface area (Å²) in [4.78, 5) is 29.9. The molecule has 0 saturated heterocycles. The van der Waals surface area contributed by atoms with Crippen molar-refractivity contribution in [1.29, 1.82) is 0 Å². The van der Waals surface area contributed by atoms with E-state index in [0.29, 0.717) is 28.8 Å². The first-order valence-corrected chi connectivity index (χ1v) is 9.73. The van der Waals surface area contributed by atoms with Crippen LogP contribution in [0.3, 0.4) is 0 Å². The van der Waals surface area contributed by atoms with Crippen LogP contribution in [0.5, 0.6) is 0 Å². The summed E-state index contributed by atoms with van der Waals surface area (Å²) in [6.45, 7) is 4.08. The standard InChI is InChI=1S/C17H17FN2O3S2/c1-3-23-14(21)9-24-17-19-13-8-10(2)25-15(13)16(22)20(17)12-6-4-11(18)5-7-12/h4-7,10H,3,8-9H2,1-2H3. The second-order valence-electron chi connectivity index (χ2n) is 5.51. The lowest BCUT2D eigenvalue weighted by molar-refractivity contribution is -0.139. The molecule has 25 heavy (non-hydrogen) atoms. The largest absolute Gasteiger partial charge is 0.465 e. The van der Waals surface area contributed by atoms with Crippen molar-refractivity contribution < 1.29 is 13.9 Å². The van der Waals surface area contributed by atoms with Crippen LogP contribution in [0.4, 0.5) is 4.39 Å². The Labute approximate surface area is 153 Å². The number of carbonyl (C=O) groups excluding carboxylic acids is 1. The van der Waals surface area contributed by atoms with Crippen molar-refractivity contribution in [3.05, 3.63) is 46.1 Å². The Morgan fingerprint density at radius 1 is 1.44 bits per heavy atom. The molecule has 8 heteroatoms. The molecule has 0 amide bonds. The van der Waals surface area contributed by atoms with E-state index in [4.69, 9.17) is 4.74 Å². The smallest absolute Gasteiger partial charge is 0.316 e. The molecule has 1 aromatic carbocycles. The number of ether oxygens (including phenoxy) is 1. The minimum atomic E-state index is -0.380. The Morgan fingerprint density at radius 3 is 2.84 bits per heavy atom. The van der Waals surface area contributed by atoms with Crippen molar-refractivity contribution in [3.8, 4) is 5.69 Å². The number of hydrogen-bond donors (Lipinski definition) is 0. The first-order chi connectivity index (χ1) is 12.0. The Kier molecular flexibility index (Phi) is 5.48. The highest BCUT2D eigenvalue weighted by atomic mass is 32.2. The minimum Gasteiger partial charge on any atom is -0.465 e. The van der Waals surface area contributed by atoms with Crippen molar-refractivity contribution in [2.75, 3.05) is 12.4 Å². The summed E-state index contributed by atoms with van der Waals surface area (Å²) in [6.07, 6.45) is 0.715. The molecule has 3 rings (SSSR count). The number of aromatic nitrogens is 2. The average Bonchev–Trinajstić information content (AvgIpc) is 2.95.